The van der Waals surface area contributed by atoms with E-state index in [1.54, 1.807) is 6.20 Å². The Hall–Kier alpha value is -1.18. The van der Waals surface area contributed by atoms with Crippen molar-refractivity contribution >= 4 is 18.6 Å². The van der Waals surface area contributed by atoms with Crippen LogP contribution >= 0.6 is 7.72 Å². The minimum absolute atomic E-state index is 0.689. The zero-order valence-electron chi connectivity index (χ0n) is 10.4. The molecule has 92 valence electrons. The van der Waals surface area contributed by atoms with E-state index in [1.165, 1.54) is 0 Å². The van der Waals surface area contributed by atoms with Gasteiger partial charge in [-0.3, -0.25) is 0 Å². The quantitative estimate of drug-likeness (QED) is 0.779. The Labute approximate surface area is 102 Å². The first-order chi connectivity index (χ1) is 8.11. The standard InChI is InChI=1S/C13H18NO2P/c1-4-15-17(2,3)16-12-7-8-13-11(10-12)6-5-9-14-13/h5-10,17H,4H2,1-3H3. The first kappa shape index (κ1) is 12.3. The molecule has 2 aromatic rings. The van der Waals surface area contributed by atoms with E-state index in [2.05, 4.69) is 4.98 Å². The molecule has 0 spiro atoms. The topological polar surface area (TPSA) is 31.4 Å². The van der Waals surface area contributed by atoms with E-state index in [1.807, 2.05) is 50.6 Å². The van der Waals surface area contributed by atoms with E-state index in [9.17, 15) is 0 Å². The van der Waals surface area contributed by atoms with Crippen LogP contribution in [0.5, 0.6) is 5.75 Å². The van der Waals surface area contributed by atoms with Crippen molar-refractivity contribution in [2.45, 2.75) is 6.92 Å². The van der Waals surface area contributed by atoms with Gasteiger partial charge in [-0.15, -0.1) is 0 Å². The second-order valence-corrected chi connectivity index (χ2v) is 7.59. The third kappa shape index (κ3) is 3.15. The fraction of sp³-hybridized carbons (Fsp3) is 0.308. The SMILES string of the molecule is CCO[PH](C)(C)Oc1ccc2ncccc2c1. The molecule has 0 radical (unpaired) electrons. The van der Waals surface area contributed by atoms with Gasteiger partial charge >= 0.3 is 102 Å². The summed E-state index contributed by atoms with van der Waals surface area (Å²) in [4.78, 5) is 4.28. The maximum atomic E-state index is 5.94. The first-order valence-corrected chi connectivity index (χ1v) is 8.60. The molecule has 1 heterocycles. The van der Waals surface area contributed by atoms with E-state index in [4.69, 9.17) is 9.05 Å². The summed E-state index contributed by atoms with van der Waals surface area (Å²) in [7, 11) is -2.05. The van der Waals surface area contributed by atoms with Gasteiger partial charge in [0.2, 0.25) is 0 Å². The molecule has 0 saturated carbocycles. The van der Waals surface area contributed by atoms with Crippen LogP contribution < -0.4 is 4.52 Å². The predicted octanol–water partition coefficient (Wildman–Crippen LogP) is 3.49. The van der Waals surface area contributed by atoms with E-state index < -0.39 is 7.72 Å². The number of rotatable bonds is 4. The van der Waals surface area contributed by atoms with Crippen LogP contribution in [-0.2, 0) is 4.52 Å². The number of hydrogen-bond donors (Lipinski definition) is 0. The number of nitrogens with zero attached hydrogens (tertiary/aromatic N) is 1. The summed E-state index contributed by atoms with van der Waals surface area (Å²) in [5, 5.41) is 1.09. The molecule has 0 bridgehead atoms. The molecule has 0 fully saturated rings. The van der Waals surface area contributed by atoms with Gasteiger partial charge in [-0.2, -0.15) is 0 Å². The van der Waals surface area contributed by atoms with E-state index in [0.717, 1.165) is 16.7 Å². The Morgan fingerprint density at radius 2 is 2.06 bits per heavy atom. The van der Waals surface area contributed by atoms with Gasteiger partial charge in [-0.25, -0.2) is 0 Å². The first-order valence-electron chi connectivity index (χ1n) is 5.78. The molecule has 0 aliphatic rings. The molecular weight excluding hydrogens is 233 g/mol. The van der Waals surface area contributed by atoms with Crippen LogP contribution in [0.1, 0.15) is 6.92 Å². The Morgan fingerprint density at radius 3 is 2.82 bits per heavy atom. The molecule has 17 heavy (non-hydrogen) atoms. The van der Waals surface area contributed by atoms with Crippen LogP contribution in [0, 0.1) is 0 Å². The molecular formula is C13H18NO2P. The molecule has 0 amide bonds. The van der Waals surface area contributed by atoms with Crippen molar-refractivity contribution in [1.29, 1.82) is 0 Å². The van der Waals surface area contributed by atoms with Crippen LogP contribution in [0.2, 0.25) is 0 Å². The zero-order valence-corrected chi connectivity index (χ0v) is 11.4. The summed E-state index contributed by atoms with van der Waals surface area (Å²) in [5.41, 5.74) is 0.982. The van der Waals surface area contributed by atoms with Gasteiger partial charge in [0.05, 0.1) is 0 Å². The molecule has 4 heteroatoms. The van der Waals surface area contributed by atoms with Gasteiger partial charge in [0.25, 0.3) is 0 Å². The Morgan fingerprint density at radius 1 is 1.24 bits per heavy atom. The third-order valence-electron chi connectivity index (χ3n) is 2.43. The Bertz CT molecular complexity index is 514. The van der Waals surface area contributed by atoms with Crippen molar-refractivity contribution < 1.29 is 9.05 Å². The van der Waals surface area contributed by atoms with Crippen LogP contribution in [0.15, 0.2) is 36.5 Å². The number of pyridine rings is 1. The van der Waals surface area contributed by atoms with E-state index >= 15 is 0 Å². The molecule has 0 aliphatic carbocycles. The summed E-state index contributed by atoms with van der Waals surface area (Å²) < 4.78 is 11.6. The molecule has 1 aromatic heterocycles. The van der Waals surface area contributed by atoms with Gasteiger partial charge in [0, 0.05) is 0 Å². The average molecular weight is 251 g/mol. The molecule has 0 saturated heterocycles. The van der Waals surface area contributed by atoms with Crippen molar-refractivity contribution in [3.63, 3.8) is 0 Å². The summed E-state index contributed by atoms with van der Waals surface area (Å²) >= 11 is 0. The van der Waals surface area contributed by atoms with E-state index in [0.29, 0.717) is 6.61 Å². The Balaban J connectivity index is 2.25. The minimum atomic E-state index is -2.05. The van der Waals surface area contributed by atoms with Gasteiger partial charge < -0.3 is 0 Å². The number of hydrogen-bond acceptors (Lipinski definition) is 3. The van der Waals surface area contributed by atoms with Crippen LogP contribution in [-0.4, -0.2) is 24.9 Å². The van der Waals surface area contributed by atoms with Gasteiger partial charge in [0.15, 0.2) is 0 Å². The van der Waals surface area contributed by atoms with Crippen molar-refractivity contribution in [1.82, 2.24) is 4.98 Å². The van der Waals surface area contributed by atoms with E-state index in [-0.39, 0.29) is 0 Å². The molecule has 2 rings (SSSR count). The second-order valence-electron chi connectivity index (χ2n) is 4.29. The van der Waals surface area contributed by atoms with Crippen LogP contribution in [0.4, 0.5) is 0 Å². The summed E-state index contributed by atoms with van der Waals surface area (Å²) in [6.07, 6.45) is 1.79. The molecule has 0 aliphatic heterocycles. The molecule has 1 aromatic carbocycles. The van der Waals surface area contributed by atoms with Gasteiger partial charge in [-0.1, -0.05) is 0 Å². The monoisotopic (exact) mass is 251 g/mol. The van der Waals surface area contributed by atoms with Crippen molar-refractivity contribution in [3.05, 3.63) is 36.5 Å². The van der Waals surface area contributed by atoms with Gasteiger partial charge in [0.1, 0.15) is 0 Å². The van der Waals surface area contributed by atoms with Crippen molar-refractivity contribution in [2.75, 3.05) is 19.9 Å². The normalized spacial score (nSPS) is 12.6. The van der Waals surface area contributed by atoms with Crippen molar-refractivity contribution in [2.24, 2.45) is 0 Å². The summed E-state index contributed by atoms with van der Waals surface area (Å²) in [5.74, 6) is 0.857. The summed E-state index contributed by atoms with van der Waals surface area (Å²) in [6.45, 7) is 6.77. The predicted molar refractivity (Wildman–Crippen MR) is 74.2 cm³/mol. The molecule has 3 nitrogen and oxygen atoms in total. The molecule has 0 N–H and O–H groups in total. The fourth-order valence-corrected chi connectivity index (χ4v) is 3.23. The number of aromatic nitrogens is 1. The number of benzene rings is 1. The fourth-order valence-electron chi connectivity index (χ4n) is 1.78. The third-order valence-corrected chi connectivity index (χ3v) is 4.14. The molecule has 0 atom stereocenters. The number of fused-ring (bicyclic) bond motifs is 1. The van der Waals surface area contributed by atoms with Gasteiger partial charge in [-0.05, 0) is 0 Å². The maximum absolute atomic E-state index is 5.94. The second kappa shape index (κ2) is 4.99. The Kier molecular flexibility index (Phi) is 3.60. The summed E-state index contributed by atoms with van der Waals surface area (Å²) in [6, 6.07) is 9.89. The average Bonchev–Trinajstić information content (AvgIpc) is 2.28. The van der Waals surface area contributed by atoms with Crippen molar-refractivity contribution in [3.8, 4) is 5.75 Å². The zero-order chi connectivity index (χ0) is 12.3. The molecule has 0 unspecified atom stereocenters. The van der Waals surface area contributed by atoms with Crippen LogP contribution in [0.3, 0.4) is 0 Å². The van der Waals surface area contributed by atoms with Crippen LogP contribution in [0.25, 0.3) is 10.9 Å².